The second kappa shape index (κ2) is 5.75. The van der Waals surface area contributed by atoms with Crippen molar-refractivity contribution in [3.8, 4) is 0 Å². The number of carbonyl (C=O) groups is 1. The van der Waals surface area contributed by atoms with E-state index in [0.717, 1.165) is 18.8 Å². The van der Waals surface area contributed by atoms with Gasteiger partial charge in [0.25, 0.3) is 0 Å². The van der Waals surface area contributed by atoms with Crippen LogP contribution >= 0.6 is 0 Å². The lowest BCUT2D eigenvalue weighted by atomic mass is 10.2. The van der Waals surface area contributed by atoms with Crippen molar-refractivity contribution in [2.45, 2.75) is 32.5 Å². The molecule has 1 amide bonds. The van der Waals surface area contributed by atoms with E-state index in [1.165, 1.54) is 0 Å². The molecule has 0 bridgehead atoms. The lowest BCUT2D eigenvalue weighted by Crippen LogP contribution is -2.50. The van der Waals surface area contributed by atoms with Crippen LogP contribution in [0.5, 0.6) is 0 Å². The third-order valence-corrected chi connectivity index (χ3v) is 3.19. The molecule has 0 aromatic rings. The average Bonchev–Trinajstić information content (AvgIpc) is 2.38. The molecule has 2 aliphatic rings. The second-order valence-electron chi connectivity index (χ2n) is 6.08. The van der Waals surface area contributed by atoms with Crippen LogP contribution in [0.1, 0.15) is 20.8 Å². The molecule has 0 aliphatic carbocycles. The first kappa shape index (κ1) is 14.7. The molecular formula is C14H24N4O2. The third-order valence-electron chi connectivity index (χ3n) is 3.19. The minimum atomic E-state index is -0.442. The molecule has 2 heterocycles. The maximum Gasteiger partial charge on any atom is 0.410 e. The highest BCUT2D eigenvalue weighted by Gasteiger charge is 2.26. The normalized spacial score (nSPS) is 23.2. The van der Waals surface area contributed by atoms with Gasteiger partial charge in [0.15, 0.2) is 0 Å². The summed E-state index contributed by atoms with van der Waals surface area (Å²) in [5.41, 5.74) is 6.38. The van der Waals surface area contributed by atoms with Crippen molar-refractivity contribution in [1.29, 1.82) is 0 Å². The monoisotopic (exact) mass is 280 g/mol. The molecule has 1 saturated heterocycles. The Kier molecular flexibility index (Phi) is 4.23. The Labute approximate surface area is 120 Å². The number of nitrogens with two attached hydrogens (primary N) is 1. The molecular weight excluding hydrogens is 256 g/mol. The molecule has 6 nitrogen and oxygen atoms in total. The zero-order valence-electron chi connectivity index (χ0n) is 12.4. The number of rotatable bonds is 1. The molecule has 1 unspecified atom stereocenters. The van der Waals surface area contributed by atoms with Gasteiger partial charge in [-0.25, -0.2) is 4.79 Å². The Morgan fingerprint density at radius 3 is 2.50 bits per heavy atom. The summed E-state index contributed by atoms with van der Waals surface area (Å²) in [4.78, 5) is 16.0. The van der Waals surface area contributed by atoms with E-state index in [-0.39, 0.29) is 12.3 Å². The van der Waals surface area contributed by atoms with Crippen LogP contribution in [-0.4, -0.2) is 53.8 Å². The molecule has 2 rings (SSSR count). The minimum Gasteiger partial charge on any atom is -0.444 e. The lowest BCUT2D eigenvalue weighted by Gasteiger charge is -2.37. The molecule has 3 N–H and O–H groups in total. The summed E-state index contributed by atoms with van der Waals surface area (Å²) in [7, 11) is 0. The van der Waals surface area contributed by atoms with Crippen molar-refractivity contribution in [3.05, 3.63) is 24.0 Å². The van der Waals surface area contributed by atoms with Gasteiger partial charge in [-0.05, 0) is 32.9 Å². The van der Waals surface area contributed by atoms with Gasteiger partial charge in [0.1, 0.15) is 5.60 Å². The fraction of sp³-hybridized carbons (Fsp3) is 0.643. The maximum atomic E-state index is 12.0. The number of hydrogen-bond donors (Lipinski definition) is 2. The SMILES string of the molecule is CC(C)(C)OC(=O)N1CCN(C2=CNC(N)C=C2)CC1. The van der Waals surface area contributed by atoms with Gasteiger partial charge in [-0.3, -0.25) is 0 Å². The van der Waals surface area contributed by atoms with Crippen molar-refractivity contribution in [1.82, 2.24) is 15.1 Å². The highest BCUT2D eigenvalue weighted by atomic mass is 16.6. The molecule has 0 saturated carbocycles. The van der Waals surface area contributed by atoms with Gasteiger partial charge in [0, 0.05) is 32.4 Å². The highest BCUT2D eigenvalue weighted by molar-refractivity contribution is 5.68. The Morgan fingerprint density at radius 2 is 2.00 bits per heavy atom. The molecule has 0 aromatic carbocycles. The number of dihydropyridines is 1. The van der Waals surface area contributed by atoms with Crippen LogP contribution in [0.3, 0.4) is 0 Å². The molecule has 2 aliphatic heterocycles. The van der Waals surface area contributed by atoms with Crippen molar-refractivity contribution in [2.24, 2.45) is 5.73 Å². The van der Waals surface area contributed by atoms with Crippen LogP contribution in [0.15, 0.2) is 24.0 Å². The molecule has 0 aromatic heterocycles. The topological polar surface area (TPSA) is 70.8 Å². The summed E-state index contributed by atoms with van der Waals surface area (Å²) >= 11 is 0. The minimum absolute atomic E-state index is 0.109. The number of piperazine rings is 1. The average molecular weight is 280 g/mol. The third kappa shape index (κ3) is 3.90. The first-order chi connectivity index (χ1) is 9.35. The van der Waals surface area contributed by atoms with E-state index in [0.29, 0.717) is 13.1 Å². The standard InChI is InChI=1S/C14H24N4O2/c1-14(2,3)20-13(19)18-8-6-17(7-9-18)11-4-5-12(15)16-10-11/h4-5,10,12,16H,6-9,15H2,1-3H3. The number of allylic oxidation sites excluding steroid dienone is 1. The zero-order chi connectivity index (χ0) is 14.8. The Morgan fingerprint density at radius 1 is 1.35 bits per heavy atom. The summed E-state index contributed by atoms with van der Waals surface area (Å²) in [5, 5.41) is 3.08. The number of amides is 1. The van der Waals surface area contributed by atoms with E-state index in [1.807, 2.05) is 39.1 Å². The maximum absolute atomic E-state index is 12.0. The van der Waals surface area contributed by atoms with Gasteiger partial charge < -0.3 is 25.6 Å². The van der Waals surface area contributed by atoms with E-state index >= 15 is 0 Å². The predicted octanol–water partition coefficient (Wildman–Crippen LogP) is 0.825. The van der Waals surface area contributed by atoms with Crippen LogP contribution < -0.4 is 11.1 Å². The number of hydrogen-bond acceptors (Lipinski definition) is 5. The summed E-state index contributed by atoms with van der Waals surface area (Å²) in [6.07, 6.45) is 5.53. The van der Waals surface area contributed by atoms with Crippen molar-refractivity contribution in [2.75, 3.05) is 26.2 Å². The number of carbonyl (C=O) groups excluding carboxylic acids is 1. The summed E-state index contributed by atoms with van der Waals surface area (Å²) in [6.45, 7) is 8.59. The highest BCUT2D eigenvalue weighted by Crippen LogP contribution is 2.15. The largest absolute Gasteiger partial charge is 0.444 e. The van der Waals surface area contributed by atoms with E-state index in [2.05, 4.69) is 10.2 Å². The predicted molar refractivity (Wildman–Crippen MR) is 77.7 cm³/mol. The molecule has 0 radical (unpaired) electrons. The fourth-order valence-corrected chi connectivity index (χ4v) is 2.16. The van der Waals surface area contributed by atoms with Crippen LogP contribution in [0.2, 0.25) is 0 Å². The van der Waals surface area contributed by atoms with E-state index < -0.39 is 5.60 Å². The molecule has 112 valence electrons. The van der Waals surface area contributed by atoms with E-state index in [1.54, 1.807) is 4.90 Å². The van der Waals surface area contributed by atoms with Crippen molar-refractivity contribution < 1.29 is 9.53 Å². The van der Waals surface area contributed by atoms with Gasteiger partial charge in [-0.1, -0.05) is 0 Å². The second-order valence-corrected chi connectivity index (χ2v) is 6.08. The van der Waals surface area contributed by atoms with Crippen LogP contribution in [0.4, 0.5) is 4.79 Å². The zero-order valence-corrected chi connectivity index (χ0v) is 12.4. The number of nitrogens with zero attached hydrogens (tertiary/aromatic N) is 2. The smallest absolute Gasteiger partial charge is 0.410 e. The molecule has 6 heteroatoms. The molecule has 20 heavy (non-hydrogen) atoms. The summed E-state index contributed by atoms with van der Waals surface area (Å²) in [6, 6.07) is 0. The van der Waals surface area contributed by atoms with E-state index in [9.17, 15) is 4.79 Å². The van der Waals surface area contributed by atoms with E-state index in [4.69, 9.17) is 10.5 Å². The Bertz CT molecular complexity index is 417. The van der Waals surface area contributed by atoms with Crippen molar-refractivity contribution >= 4 is 6.09 Å². The quantitative estimate of drug-likeness (QED) is 0.744. The molecule has 1 atom stereocenters. The number of nitrogens with one attached hydrogen (secondary N) is 1. The van der Waals surface area contributed by atoms with Gasteiger partial charge in [-0.15, -0.1) is 0 Å². The van der Waals surface area contributed by atoms with Gasteiger partial charge in [0.2, 0.25) is 0 Å². The molecule has 1 fully saturated rings. The summed E-state index contributed by atoms with van der Waals surface area (Å²) in [5.74, 6) is 0. The summed E-state index contributed by atoms with van der Waals surface area (Å²) < 4.78 is 5.38. The Hall–Kier alpha value is -1.69. The van der Waals surface area contributed by atoms with Crippen LogP contribution in [0, 0.1) is 0 Å². The van der Waals surface area contributed by atoms with Gasteiger partial charge in [0.05, 0.1) is 11.9 Å². The number of ether oxygens (including phenoxy) is 1. The Balaban J connectivity index is 1.84. The van der Waals surface area contributed by atoms with Crippen molar-refractivity contribution in [3.63, 3.8) is 0 Å². The van der Waals surface area contributed by atoms with Crippen LogP contribution in [0.25, 0.3) is 0 Å². The first-order valence-corrected chi connectivity index (χ1v) is 6.98. The van der Waals surface area contributed by atoms with Gasteiger partial charge >= 0.3 is 6.09 Å². The van der Waals surface area contributed by atoms with Gasteiger partial charge in [-0.2, -0.15) is 0 Å². The molecule has 0 spiro atoms. The fourth-order valence-electron chi connectivity index (χ4n) is 2.16. The lowest BCUT2D eigenvalue weighted by molar-refractivity contribution is 0.0171. The van der Waals surface area contributed by atoms with Crippen LogP contribution in [-0.2, 0) is 4.74 Å². The first-order valence-electron chi connectivity index (χ1n) is 6.98.